The molecular weight excluding hydrogens is 819 g/mol. The molecule has 332 valence electrons. The van der Waals surface area contributed by atoms with Gasteiger partial charge in [0.25, 0.3) is 11.8 Å². The van der Waals surface area contributed by atoms with Crippen LogP contribution in [0.5, 0.6) is 0 Å². The molecule has 63 heavy (non-hydrogen) atoms. The summed E-state index contributed by atoms with van der Waals surface area (Å²) in [6.07, 6.45) is 3.14. The standard InChI is InChI=1S/C27H28ClFN2O3.C24H30N2O3/c1-17-9-10-19(24(29)13-17)16-30-25(32)22-12-11-20(28)14-23(22)21-8-6-5-7-18(21)15-31-26(33)34-27(2,3)4;1-3-8-17(2)29-24(28)26-16-19-9-4-5-10-20(19)21-11-6-7-12-22(21)23(27)25-15-18-13-14-18/h5-14H,15-16H2,1-4H3,(H,30,32)(H,31,33);4-7,9-12,17-18H,3,8,13-16H2,1-2H3,(H,25,27)(H,26,28). The van der Waals surface area contributed by atoms with Gasteiger partial charge in [-0.05, 0) is 129 Å². The normalized spacial score (nSPS) is 12.5. The van der Waals surface area contributed by atoms with Crippen molar-refractivity contribution in [2.24, 2.45) is 5.92 Å². The van der Waals surface area contributed by atoms with Gasteiger partial charge in [-0.2, -0.15) is 0 Å². The third-order valence-corrected chi connectivity index (χ3v) is 10.4. The summed E-state index contributed by atoms with van der Waals surface area (Å²) in [5.74, 6) is -0.150. The van der Waals surface area contributed by atoms with E-state index in [1.54, 1.807) is 58.0 Å². The van der Waals surface area contributed by atoms with Crippen LogP contribution in [-0.2, 0) is 29.1 Å². The van der Waals surface area contributed by atoms with E-state index in [0.717, 1.165) is 52.8 Å². The lowest BCUT2D eigenvalue weighted by Crippen LogP contribution is -2.32. The van der Waals surface area contributed by atoms with Crippen molar-refractivity contribution in [3.63, 3.8) is 0 Å². The van der Waals surface area contributed by atoms with Crippen LogP contribution in [0.1, 0.15) is 103 Å². The van der Waals surface area contributed by atoms with Crippen LogP contribution < -0.4 is 21.3 Å². The minimum atomic E-state index is -0.612. The van der Waals surface area contributed by atoms with E-state index in [0.29, 0.717) is 39.7 Å². The summed E-state index contributed by atoms with van der Waals surface area (Å²) in [6.45, 7) is 12.5. The van der Waals surface area contributed by atoms with Crippen molar-refractivity contribution in [1.82, 2.24) is 21.3 Å². The van der Waals surface area contributed by atoms with Gasteiger partial charge in [0.2, 0.25) is 0 Å². The molecule has 1 atom stereocenters. The molecule has 0 aliphatic heterocycles. The lowest BCUT2D eigenvalue weighted by atomic mass is 9.94. The van der Waals surface area contributed by atoms with Gasteiger partial charge >= 0.3 is 12.2 Å². The fourth-order valence-corrected chi connectivity index (χ4v) is 6.96. The number of carbonyl (C=O) groups excluding carboxylic acids is 4. The molecule has 1 saturated carbocycles. The summed E-state index contributed by atoms with van der Waals surface area (Å²) < 4.78 is 24.9. The number of ether oxygens (including phenoxy) is 2. The average Bonchev–Trinajstić information content (AvgIpc) is 4.08. The smallest absolute Gasteiger partial charge is 0.407 e. The summed E-state index contributed by atoms with van der Waals surface area (Å²) in [5.41, 5.74) is 6.52. The Balaban J connectivity index is 0.000000240. The largest absolute Gasteiger partial charge is 0.447 e. The van der Waals surface area contributed by atoms with Crippen LogP contribution in [0, 0.1) is 18.7 Å². The van der Waals surface area contributed by atoms with Gasteiger partial charge < -0.3 is 30.7 Å². The van der Waals surface area contributed by atoms with E-state index < -0.39 is 17.8 Å². The highest BCUT2D eigenvalue weighted by Gasteiger charge is 2.23. The van der Waals surface area contributed by atoms with Crippen LogP contribution in [0.15, 0.2) is 109 Å². The number of alkyl carbamates (subject to hydrolysis) is 2. The number of nitrogens with one attached hydrogen (secondary N) is 4. The molecule has 5 aromatic rings. The Morgan fingerprint density at radius 3 is 1.86 bits per heavy atom. The maximum Gasteiger partial charge on any atom is 0.407 e. The first-order valence-corrected chi connectivity index (χ1v) is 21.8. The second kappa shape index (κ2) is 22.8. The highest BCUT2D eigenvalue weighted by molar-refractivity contribution is 6.31. The highest BCUT2D eigenvalue weighted by atomic mass is 35.5. The quantitative estimate of drug-likeness (QED) is 0.0827. The van der Waals surface area contributed by atoms with Crippen molar-refractivity contribution in [1.29, 1.82) is 0 Å². The van der Waals surface area contributed by atoms with Crippen molar-refractivity contribution in [3.05, 3.63) is 153 Å². The van der Waals surface area contributed by atoms with Crippen LogP contribution in [-0.4, -0.2) is 42.3 Å². The second-order valence-corrected chi connectivity index (χ2v) is 17.1. The zero-order valence-electron chi connectivity index (χ0n) is 36.9. The van der Waals surface area contributed by atoms with E-state index in [1.165, 1.54) is 18.9 Å². The lowest BCUT2D eigenvalue weighted by Gasteiger charge is -2.20. The number of benzene rings is 5. The molecule has 4 amide bonds. The number of amides is 4. The van der Waals surface area contributed by atoms with Crippen molar-refractivity contribution in [2.75, 3.05) is 6.54 Å². The Morgan fingerprint density at radius 1 is 0.683 bits per heavy atom. The molecule has 1 aliphatic carbocycles. The molecule has 12 heteroatoms. The van der Waals surface area contributed by atoms with Crippen molar-refractivity contribution in [3.8, 4) is 22.3 Å². The molecule has 0 spiro atoms. The molecule has 1 unspecified atom stereocenters. The van der Waals surface area contributed by atoms with E-state index >= 15 is 0 Å². The maximum atomic E-state index is 14.2. The van der Waals surface area contributed by atoms with Crippen molar-refractivity contribution in [2.45, 2.75) is 98.6 Å². The monoisotopic (exact) mass is 876 g/mol. The Labute approximate surface area is 375 Å². The fraction of sp³-hybridized carbons (Fsp3) is 0.333. The van der Waals surface area contributed by atoms with Crippen LogP contribution in [0.3, 0.4) is 0 Å². The number of hydrogen-bond acceptors (Lipinski definition) is 6. The molecule has 0 saturated heterocycles. The molecule has 1 fully saturated rings. The topological polar surface area (TPSA) is 135 Å². The molecule has 0 heterocycles. The fourth-order valence-electron chi connectivity index (χ4n) is 6.79. The van der Waals surface area contributed by atoms with Gasteiger partial charge in [-0.1, -0.05) is 104 Å². The first kappa shape index (κ1) is 47.8. The summed E-state index contributed by atoms with van der Waals surface area (Å²) >= 11 is 6.26. The van der Waals surface area contributed by atoms with Crippen LogP contribution in [0.25, 0.3) is 22.3 Å². The molecule has 1 aliphatic rings. The summed E-state index contributed by atoms with van der Waals surface area (Å²) in [5, 5.41) is 11.9. The predicted molar refractivity (Wildman–Crippen MR) is 247 cm³/mol. The number of carbonyl (C=O) groups is 4. The number of rotatable bonds is 15. The first-order valence-electron chi connectivity index (χ1n) is 21.4. The van der Waals surface area contributed by atoms with Gasteiger partial charge in [0.15, 0.2) is 0 Å². The Bertz CT molecular complexity index is 2380. The molecule has 10 nitrogen and oxygen atoms in total. The van der Waals surface area contributed by atoms with Crippen LogP contribution in [0.4, 0.5) is 14.0 Å². The molecule has 4 N–H and O–H groups in total. The molecule has 0 aromatic heterocycles. The minimum absolute atomic E-state index is 0.0505. The molecule has 0 radical (unpaired) electrons. The van der Waals surface area contributed by atoms with Gasteiger partial charge in [0, 0.05) is 47.9 Å². The van der Waals surface area contributed by atoms with Gasteiger partial charge in [-0.25, -0.2) is 14.0 Å². The Kier molecular flexibility index (Phi) is 17.3. The highest BCUT2D eigenvalue weighted by Crippen LogP contribution is 2.32. The van der Waals surface area contributed by atoms with Crippen LogP contribution >= 0.6 is 11.6 Å². The Hall–Kier alpha value is -6.20. The molecule has 5 aromatic carbocycles. The first-order chi connectivity index (χ1) is 30.1. The molecule has 6 rings (SSSR count). The van der Waals surface area contributed by atoms with Gasteiger partial charge in [-0.3, -0.25) is 9.59 Å². The second-order valence-electron chi connectivity index (χ2n) is 16.7. The molecular formula is C51H58ClFN4O6. The Morgan fingerprint density at radius 2 is 1.24 bits per heavy atom. The van der Waals surface area contributed by atoms with E-state index in [-0.39, 0.29) is 36.8 Å². The zero-order valence-corrected chi connectivity index (χ0v) is 37.7. The van der Waals surface area contributed by atoms with E-state index in [2.05, 4.69) is 28.2 Å². The van der Waals surface area contributed by atoms with E-state index in [4.69, 9.17) is 21.1 Å². The third-order valence-electron chi connectivity index (χ3n) is 10.2. The minimum Gasteiger partial charge on any atom is -0.447 e. The van der Waals surface area contributed by atoms with Gasteiger partial charge in [0.05, 0.1) is 0 Å². The van der Waals surface area contributed by atoms with Gasteiger partial charge in [-0.15, -0.1) is 0 Å². The molecule has 0 bridgehead atoms. The van der Waals surface area contributed by atoms with Crippen LogP contribution in [0.2, 0.25) is 5.02 Å². The predicted octanol–water partition coefficient (Wildman–Crippen LogP) is 11.3. The lowest BCUT2D eigenvalue weighted by molar-refractivity contribution is 0.0523. The van der Waals surface area contributed by atoms with E-state index in [9.17, 15) is 23.6 Å². The van der Waals surface area contributed by atoms with Crippen molar-refractivity contribution >= 4 is 35.6 Å². The van der Waals surface area contributed by atoms with Crippen molar-refractivity contribution < 1.29 is 33.0 Å². The summed E-state index contributed by atoms with van der Waals surface area (Å²) in [7, 11) is 0. The zero-order chi connectivity index (χ0) is 45.5. The average molecular weight is 877 g/mol. The maximum absolute atomic E-state index is 14.2. The number of halogens is 2. The third kappa shape index (κ3) is 15.0. The van der Waals surface area contributed by atoms with Gasteiger partial charge in [0.1, 0.15) is 17.5 Å². The summed E-state index contributed by atoms with van der Waals surface area (Å²) in [6, 6.07) is 32.7. The summed E-state index contributed by atoms with van der Waals surface area (Å²) in [4.78, 5) is 50.0. The SMILES string of the molecule is CCCC(C)OC(=O)NCc1ccccc1-c1ccccc1C(=O)NCC1CC1.Cc1ccc(CNC(=O)c2ccc(Cl)cc2-c2ccccc2CNC(=O)OC(C)(C)C)c(F)c1. The number of hydrogen-bond donors (Lipinski definition) is 4. The van der Waals surface area contributed by atoms with E-state index in [1.807, 2.05) is 79.7 Å². The number of aryl methyl sites for hydroxylation is 1.